The van der Waals surface area contributed by atoms with E-state index >= 15 is 0 Å². The van der Waals surface area contributed by atoms with Gasteiger partial charge in [0.2, 0.25) is 0 Å². The topological polar surface area (TPSA) is 35.5 Å². The summed E-state index contributed by atoms with van der Waals surface area (Å²) in [7, 11) is 1.10. The molecular formula is C13H11F5O3. The minimum absolute atomic E-state index is 0.0478. The van der Waals surface area contributed by atoms with E-state index in [0.29, 0.717) is 0 Å². The number of halogens is 5. The van der Waals surface area contributed by atoms with Crippen molar-refractivity contribution in [1.82, 2.24) is 0 Å². The minimum atomic E-state index is -5.72. The predicted octanol–water partition coefficient (Wildman–Crippen LogP) is 3.69. The fourth-order valence-corrected chi connectivity index (χ4v) is 1.32. The number of alkyl halides is 5. The van der Waals surface area contributed by atoms with Crippen LogP contribution in [0.1, 0.15) is 15.9 Å². The van der Waals surface area contributed by atoms with Crippen LogP contribution in [-0.4, -0.2) is 31.8 Å². The number of rotatable bonds is 5. The molecule has 0 N–H and O–H groups in total. The first-order valence-electron chi connectivity index (χ1n) is 5.54. The number of carbonyl (C=O) groups is 1. The largest absolute Gasteiger partial charge is 0.486 e. The number of methoxy groups -OCH3 is 1. The maximum Gasteiger partial charge on any atom is 0.456 e. The van der Waals surface area contributed by atoms with Crippen molar-refractivity contribution in [3.05, 3.63) is 35.9 Å². The molecule has 8 heteroatoms. The van der Waals surface area contributed by atoms with E-state index in [1.54, 1.807) is 0 Å². The van der Waals surface area contributed by atoms with E-state index in [1.807, 2.05) is 0 Å². The molecule has 0 spiro atoms. The summed E-state index contributed by atoms with van der Waals surface area (Å²) in [4.78, 5) is 11.3. The summed E-state index contributed by atoms with van der Waals surface area (Å²) in [6.07, 6.45) is -4.52. The standard InChI is InChI=1S/C13H11F5O3/c1-3-8-4-5-9(11(19)20-2)6-10(8)21-7-12(14,15)13(16,17)18/h3-6H,1,7H2,2H3. The molecule has 1 aromatic carbocycles. The molecule has 1 aromatic rings. The highest BCUT2D eigenvalue weighted by Crippen LogP contribution is 2.36. The number of hydrogen-bond acceptors (Lipinski definition) is 3. The van der Waals surface area contributed by atoms with Gasteiger partial charge in [0.15, 0.2) is 6.61 Å². The molecule has 0 heterocycles. The Morgan fingerprint density at radius 3 is 2.38 bits per heavy atom. The lowest BCUT2D eigenvalue weighted by Crippen LogP contribution is -2.41. The van der Waals surface area contributed by atoms with Gasteiger partial charge in [0.25, 0.3) is 0 Å². The highest BCUT2D eigenvalue weighted by molar-refractivity contribution is 5.90. The van der Waals surface area contributed by atoms with E-state index in [0.717, 1.165) is 13.2 Å². The first-order valence-corrected chi connectivity index (χ1v) is 5.54. The van der Waals surface area contributed by atoms with E-state index in [2.05, 4.69) is 16.1 Å². The number of benzene rings is 1. The molecule has 0 bridgehead atoms. The second kappa shape index (κ2) is 6.11. The highest BCUT2D eigenvalue weighted by Gasteiger charge is 2.58. The van der Waals surface area contributed by atoms with Crippen LogP contribution in [0.3, 0.4) is 0 Å². The lowest BCUT2D eigenvalue weighted by atomic mass is 10.1. The molecule has 0 radical (unpaired) electrons. The Labute approximate surface area is 117 Å². The van der Waals surface area contributed by atoms with Gasteiger partial charge >= 0.3 is 18.1 Å². The summed E-state index contributed by atoms with van der Waals surface area (Å²) >= 11 is 0. The number of hydrogen-bond donors (Lipinski definition) is 0. The van der Waals surface area contributed by atoms with Crippen LogP contribution in [0.15, 0.2) is 24.8 Å². The molecule has 3 nitrogen and oxygen atoms in total. The van der Waals surface area contributed by atoms with Gasteiger partial charge in [-0.25, -0.2) is 4.79 Å². The Kier molecular flexibility index (Phi) is 4.93. The maximum absolute atomic E-state index is 12.8. The monoisotopic (exact) mass is 310 g/mol. The highest BCUT2D eigenvalue weighted by atomic mass is 19.4. The van der Waals surface area contributed by atoms with E-state index in [9.17, 15) is 26.7 Å². The Morgan fingerprint density at radius 1 is 1.29 bits per heavy atom. The molecule has 1 rings (SSSR count). The lowest BCUT2D eigenvalue weighted by molar-refractivity contribution is -0.290. The summed E-state index contributed by atoms with van der Waals surface area (Å²) < 4.78 is 70.7. The Morgan fingerprint density at radius 2 is 1.90 bits per heavy atom. The smallest absolute Gasteiger partial charge is 0.456 e. The van der Waals surface area contributed by atoms with Crippen LogP contribution in [0.25, 0.3) is 6.08 Å². The van der Waals surface area contributed by atoms with Crippen molar-refractivity contribution >= 4 is 12.0 Å². The second-order valence-electron chi connectivity index (χ2n) is 3.94. The van der Waals surface area contributed by atoms with E-state index in [1.165, 1.54) is 18.2 Å². The SMILES string of the molecule is C=Cc1ccc(C(=O)OC)cc1OCC(F)(F)C(F)(F)F. The molecular weight excluding hydrogens is 299 g/mol. The average molecular weight is 310 g/mol. The molecule has 0 amide bonds. The molecule has 0 saturated heterocycles. The molecule has 0 fully saturated rings. The maximum atomic E-state index is 12.8. The van der Waals surface area contributed by atoms with Gasteiger partial charge in [-0.2, -0.15) is 22.0 Å². The van der Waals surface area contributed by atoms with Gasteiger partial charge in [0.05, 0.1) is 12.7 Å². The summed E-state index contributed by atoms with van der Waals surface area (Å²) in [6.45, 7) is 1.47. The van der Waals surface area contributed by atoms with Crippen LogP contribution in [-0.2, 0) is 4.74 Å². The fourth-order valence-electron chi connectivity index (χ4n) is 1.32. The van der Waals surface area contributed by atoms with Gasteiger partial charge in [0, 0.05) is 5.56 Å². The van der Waals surface area contributed by atoms with Gasteiger partial charge in [-0.15, -0.1) is 0 Å². The molecule has 0 aliphatic carbocycles. The van der Waals surface area contributed by atoms with Gasteiger partial charge < -0.3 is 9.47 Å². The van der Waals surface area contributed by atoms with Crippen molar-refractivity contribution in [3.63, 3.8) is 0 Å². The van der Waals surface area contributed by atoms with Gasteiger partial charge in [0.1, 0.15) is 5.75 Å². The van der Waals surface area contributed by atoms with E-state index in [-0.39, 0.29) is 16.9 Å². The molecule has 21 heavy (non-hydrogen) atoms. The number of carbonyl (C=O) groups excluding carboxylic acids is 1. The zero-order valence-electron chi connectivity index (χ0n) is 10.8. The van der Waals surface area contributed by atoms with Crippen LogP contribution in [0, 0.1) is 0 Å². The van der Waals surface area contributed by atoms with Gasteiger partial charge in [-0.1, -0.05) is 18.7 Å². The third kappa shape index (κ3) is 3.93. The molecule has 0 aliphatic rings. The molecule has 116 valence electrons. The third-order valence-corrected chi connectivity index (χ3v) is 2.48. The molecule has 0 atom stereocenters. The number of esters is 1. The molecule has 0 aromatic heterocycles. The summed E-state index contributed by atoms with van der Waals surface area (Å²) in [5, 5.41) is 0. The van der Waals surface area contributed by atoms with Crippen LogP contribution in [0.5, 0.6) is 5.75 Å². The van der Waals surface area contributed by atoms with Crippen LogP contribution < -0.4 is 4.74 Å². The van der Waals surface area contributed by atoms with Crippen molar-refractivity contribution in [3.8, 4) is 5.75 Å². The Bertz CT molecular complexity index is 537. The minimum Gasteiger partial charge on any atom is -0.486 e. The normalized spacial score (nSPS) is 11.9. The van der Waals surface area contributed by atoms with Crippen molar-refractivity contribution in [2.45, 2.75) is 12.1 Å². The molecule has 0 saturated carbocycles. The van der Waals surface area contributed by atoms with Crippen LogP contribution >= 0.6 is 0 Å². The first kappa shape index (κ1) is 16.9. The van der Waals surface area contributed by atoms with Crippen molar-refractivity contribution in [2.24, 2.45) is 0 Å². The summed E-state index contributed by atoms with van der Waals surface area (Å²) in [6, 6.07) is 3.60. The zero-order valence-corrected chi connectivity index (χ0v) is 10.8. The molecule has 0 aliphatic heterocycles. The number of ether oxygens (including phenoxy) is 2. The van der Waals surface area contributed by atoms with Crippen molar-refractivity contribution < 1.29 is 36.2 Å². The quantitative estimate of drug-likeness (QED) is 0.614. The average Bonchev–Trinajstić information content (AvgIpc) is 2.42. The Balaban J connectivity index is 3.01. The Hall–Kier alpha value is -2.12. The lowest BCUT2D eigenvalue weighted by Gasteiger charge is -2.20. The first-order chi connectivity index (χ1) is 9.62. The van der Waals surface area contributed by atoms with E-state index in [4.69, 9.17) is 0 Å². The second-order valence-corrected chi connectivity index (χ2v) is 3.94. The third-order valence-electron chi connectivity index (χ3n) is 2.48. The van der Waals surface area contributed by atoms with Crippen LogP contribution in [0.4, 0.5) is 22.0 Å². The summed E-state index contributed by atoms with van der Waals surface area (Å²) in [5.74, 6) is -6.11. The van der Waals surface area contributed by atoms with Gasteiger partial charge in [-0.05, 0) is 12.1 Å². The summed E-state index contributed by atoms with van der Waals surface area (Å²) in [5.41, 5.74) is 0.119. The van der Waals surface area contributed by atoms with Gasteiger partial charge in [-0.3, -0.25) is 0 Å². The fraction of sp³-hybridized carbons (Fsp3) is 0.308. The van der Waals surface area contributed by atoms with E-state index < -0.39 is 24.7 Å². The zero-order chi connectivity index (χ0) is 16.3. The van der Waals surface area contributed by atoms with Crippen LogP contribution in [0.2, 0.25) is 0 Å². The molecule has 0 unspecified atom stereocenters. The van der Waals surface area contributed by atoms with Crippen molar-refractivity contribution in [1.29, 1.82) is 0 Å². The predicted molar refractivity (Wildman–Crippen MR) is 64.4 cm³/mol. The van der Waals surface area contributed by atoms with Crippen molar-refractivity contribution in [2.75, 3.05) is 13.7 Å².